The highest BCUT2D eigenvalue weighted by molar-refractivity contribution is 7.98. The second-order valence-corrected chi connectivity index (χ2v) is 8.84. The average molecular weight is 500 g/mol. The van der Waals surface area contributed by atoms with Crippen LogP contribution in [0, 0.1) is 11.6 Å². The number of amides is 1. The molecule has 34 heavy (non-hydrogen) atoms. The maximum Gasteiger partial charge on any atom is 0.266 e. The van der Waals surface area contributed by atoms with Crippen LogP contribution in [0.3, 0.4) is 0 Å². The molecule has 4 aromatic rings. The lowest BCUT2D eigenvalue weighted by Crippen LogP contribution is -2.25. The minimum absolute atomic E-state index is 0.0927. The summed E-state index contributed by atoms with van der Waals surface area (Å²) in [6.07, 6.45) is 0.787. The van der Waals surface area contributed by atoms with Crippen LogP contribution in [0.1, 0.15) is 29.3 Å². The van der Waals surface area contributed by atoms with Crippen LogP contribution in [0.5, 0.6) is 0 Å². The third-order valence-corrected chi connectivity index (χ3v) is 6.43. The predicted octanol–water partition coefficient (Wildman–Crippen LogP) is 5.75. The highest BCUT2D eigenvalue weighted by Crippen LogP contribution is 2.29. The molecular weight excluding hydrogens is 480 g/mol. The predicted molar refractivity (Wildman–Crippen MR) is 131 cm³/mol. The number of rotatable bonds is 7. The van der Waals surface area contributed by atoms with E-state index >= 15 is 0 Å². The molecule has 0 bridgehead atoms. The number of halogens is 3. The summed E-state index contributed by atoms with van der Waals surface area (Å²) in [5.41, 5.74) is 0.792. The van der Waals surface area contributed by atoms with E-state index in [-0.39, 0.29) is 38.5 Å². The Balaban J connectivity index is 1.84. The number of thioether (sulfide) groups is 1. The molecule has 5 nitrogen and oxygen atoms in total. The molecule has 0 saturated heterocycles. The van der Waals surface area contributed by atoms with Gasteiger partial charge in [0.25, 0.3) is 11.5 Å². The van der Waals surface area contributed by atoms with Crippen molar-refractivity contribution in [3.63, 3.8) is 0 Å². The number of hydrogen-bond acceptors (Lipinski definition) is 4. The summed E-state index contributed by atoms with van der Waals surface area (Å²) in [5, 5.41) is 3.53. The molecule has 0 aliphatic carbocycles. The average Bonchev–Trinajstić information content (AvgIpc) is 2.82. The number of nitrogens with zero attached hydrogens (tertiary/aromatic N) is 2. The summed E-state index contributed by atoms with van der Waals surface area (Å²) >= 11 is 7.25. The Morgan fingerprint density at radius 2 is 1.91 bits per heavy atom. The molecule has 1 N–H and O–H groups in total. The summed E-state index contributed by atoms with van der Waals surface area (Å²) in [5.74, 6) is -1.17. The van der Waals surface area contributed by atoms with Crippen LogP contribution < -0.4 is 10.9 Å². The van der Waals surface area contributed by atoms with E-state index in [0.717, 1.165) is 18.2 Å². The van der Waals surface area contributed by atoms with Gasteiger partial charge in [0.1, 0.15) is 11.6 Å². The first-order valence-electron chi connectivity index (χ1n) is 10.6. The monoisotopic (exact) mass is 499 g/mol. The number of aromatic nitrogens is 2. The van der Waals surface area contributed by atoms with Crippen LogP contribution in [-0.4, -0.2) is 22.0 Å². The van der Waals surface area contributed by atoms with Crippen molar-refractivity contribution in [3.8, 4) is 5.69 Å². The van der Waals surface area contributed by atoms with Gasteiger partial charge in [-0.3, -0.25) is 14.2 Å². The number of benzene rings is 3. The molecule has 0 fully saturated rings. The van der Waals surface area contributed by atoms with Gasteiger partial charge in [0.2, 0.25) is 0 Å². The Bertz CT molecular complexity index is 1420. The maximum atomic E-state index is 14.3. The Hall–Kier alpha value is -3.23. The minimum Gasteiger partial charge on any atom is -0.352 e. The zero-order chi connectivity index (χ0) is 24.2. The van der Waals surface area contributed by atoms with Crippen molar-refractivity contribution in [2.24, 2.45) is 0 Å². The lowest BCUT2D eigenvalue weighted by molar-refractivity contribution is 0.0953. The highest BCUT2D eigenvalue weighted by atomic mass is 35.5. The maximum absolute atomic E-state index is 14.3. The normalized spacial score (nSPS) is 11.1. The van der Waals surface area contributed by atoms with Gasteiger partial charge >= 0.3 is 0 Å². The third-order valence-electron chi connectivity index (χ3n) is 5.11. The van der Waals surface area contributed by atoms with Crippen LogP contribution in [0.25, 0.3) is 16.6 Å². The van der Waals surface area contributed by atoms with Crippen molar-refractivity contribution in [2.75, 3.05) is 6.54 Å². The molecule has 0 radical (unpaired) electrons. The molecular formula is C25H20ClF2N3O2S. The molecule has 3 aromatic carbocycles. The van der Waals surface area contributed by atoms with Gasteiger partial charge in [-0.1, -0.05) is 42.4 Å². The molecule has 0 unspecified atom stereocenters. The van der Waals surface area contributed by atoms with Gasteiger partial charge in [-0.05, 0) is 55.0 Å². The number of fused-ring (bicyclic) bond motifs is 1. The Morgan fingerprint density at radius 3 is 2.65 bits per heavy atom. The summed E-state index contributed by atoms with van der Waals surface area (Å²) in [4.78, 5) is 30.4. The van der Waals surface area contributed by atoms with Crippen molar-refractivity contribution >= 4 is 40.2 Å². The molecule has 0 aliphatic rings. The van der Waals surface area contributed by atoms with Gasteiger partial charge in [0.05, 0.1) is 16.6 Å². The molecule has 1 aromatic heterocycles. The van der Waals surface area contributed by atoms with Crippen LogP contribution in [0.2, 0.25) is 5.02 Å². The summed E-state index contributed by atoms with van der Waals surface area (Å²) < 4.78 is 29.6. The van der Waals surface area contributed by atoms with Crippen molar-refractivity contribution in [1.82, 2.24) is 14.9 Å². The Labute approximate surface area is 203 Å². The number of nitrogens with one attached hydrogen (secondary N) is 1. The zero-order valence-electron chi connectivity index (χ0n) is 18.1. The van der Waals surface area contributed by atoms with Gasteiger partial charge in [-0.25, -0.2) is 13.8 Å². The fourth-order valence-electron chi connectivity index (χ4n) is 3.39. The molecule has 1 amide bonds. The van der Waals surface area contributed by atoms with Gasteiger partial charge in [0, 0.05) is 28.4 Å². The molecule has 4 rings (SSSR count). The molecule has 0 aliphatic heterocycles. The summed E-state index contributed by atoms with van der Waals surface area (Å²) in [6.45, 7) is 2.47. The lowest BCUT2D eigenvalue weighted by atomic mass is 10.1. The van der Waals surface area contributed by atoms with Crippen LogP contribution in [0.4, 0.5) is 8.78 Å². The first-order chi connectivity index (χ1) is 16.4. The topological polar surface area (TPSA) is 64.0 Å². The summed E-state index contributed by atoms with van der Waals surface area (Å²) in [7, 11) is 0. The first kappa shape index (κ1) is 23.9. The molecule has 174 valence electrons. The van der Waals surface area contributed by atoms with E-state index in [2.05, 4.69) is 10.3 Å². The van der Waals surface area contributed by atoms with Gasteiger partial charge in [0.15, 0.2) is 5.16 Å². The minimum atomic E-state index is -0.513. The third kappa shape index (κ3) is 4.98. The molecule has 1 heterocycles. The number of hydrogen-bond donors (Lipinski definition) is 1. The Kier molecular flexibility index (Phi) is 7.29. The fourth-order valence-corrected chi connectivity index (χ4v) is 4.75. The molecule has 9 heteroatoms. The van der Waals surface area contributed by atoms with Crippen LogP contribution in [0.15, 0.2) is 70.6 Å². The molecule has 0 spiro atoms. The summed E-state index contributed by atoms with van der Waals surface area (Å²) in [6, 6.07) is 14.6. The van der Waals surface area contributed by atoms with Crippen molar-refractivity contribution in [3.05, 3.63) is 98.8 Å². The number of carbonyl (C=O) groups is 1. The zero-order valence-corrected chi connectivity index (χ0v) is 19.7. The SMILES string of the molecule is CCCNC(=O)c1ccc2c(=O)n(-c3cccc(F)c3)c(SCc3c(F)cccc3Cl)nc2c1. The first-order valence-corrected chi connectivity index (χ1v) is 11.9. The van der Waals surface area contributed by atoms with Crippen molar-refractivity contribution in [2.45, 2.75) is 24.3 Å². The molecule has 0 atom stereocenters. The van der Waals surface area contributed by atoms with Crippen molar-refractivity contribution < 1.29 is 13.6 Å². The highest BCUT2D eigenvalue weighted by Gasteiger charge is 2.17. The van der Waals surface area contributed by atoms with Gasteiger partial charge in [-0.2, -0.15) is 0 Å². The Morgan fingerprint density at radius 1 is 1.12 bits per heavy atom. The quantitative estimate of drug-likeness (QED) is 0.260. The van der Waals surface area contributed by atoms with E-state index in [4.69, 9.17) is 11.6 Å². The lowest BCUT2D eigenvalue weighted by Gasteiger charge is -2.14. The van der Waals surface area contributed by atoms with Gasteiger partial charge < -0.3 is 5.32 Å². The van der Waals surface area contributed by atoms with E-state index in [1.807, 2.05) is 6.92 Å². The second-order valence-electron chi connectivity index (χ2n) is 7.49. The van der Waals surface area contributed by atoms with E-state index in [9.17, 15) is 18.4 Å². The van der Waals surface area contributed by atoms with E-state index in [1.54, 1.807) is 18.2 Å². The molecule has 0 saturated carbocycles. The fraction of sp³-hybridized carbons (Fsp3) is 0.160. The standard InChI is InChI=1S/C25H20ClF2N3O2S/c1-2-11-29-23(32)15-9-10-18-22(12-15)30-25(34-14-19-20(26)7-4-8-21(19)28)31(24(18)33)17-6-3-5-16(27)13-17/h3-10,12-13H,2,11,14H2,1H3,(H,29,32). The van der Waals surface area contributed by atoms with Crippen LogP contribution >= 0.6 is 23.4 Å². The van der Waals surface area contributed by atoms with E-state index < -0.39 is 17.2 Å². The largest absolute Gasteiger partial charge is 0.352 e. The smallest absolute Gasteiger partial charge is 0.266 e. The van der Waals surface area contributed by atoms with E-state index in [1.165, 1.54) is 47.0 Å². The van der Waals surface area contributed by atoms with Crippen LogP contribution in [-0.2, 0) is 5.75 Å². The van der Waals surface area contributed by atoms with Crippen molar-refractivity contribution in [1.29, 1.82) is 0 Å². The second kappa shape index (κ2) is 10.4. The van der Waals surface area contributed by atoms with E-state index in [0.29, 0.717) is 17.6 Å². The van der Waals surface area contributed by atoms with Gasteiger partial charge in [-0.15, -0.1) is 0 Å². The number of carbonyl (C=O) groups excluding carboxylic acids is 1.